The molecule has 1 aromatic rings. The number of carbonyl (C=O) groups excluding carboxylic acids is 1. The Morgan fingerprint density at radius 2 is 2.04 bits per heavy atom. The first-order chi connectivity index (χ1) is 12.1. The molecular weight excluding hydrogens is 338 g/mol. The standard InChI is InChI=1S/C14H26N2O2.C5H4ClN/c15-13(17)14(7-10-18-11-8-14)16-9-6-12-4-2-1-3-5-12;6-5-2-1-3-7-4-5/h12,16H,1-11H2,(H2,15,17);1-4H. The molecule has 2 aliphatic rings. The third kappa shape index (κ3) is 6.92. The van der Waals surface area contributed by atoms with Crippen LogP contribution in [0.15, 0.2) is 24.5 Å². The normalized spacial score (nSPS) is 20.4. The highest BCUT2D eigenvalue weighted by atomic mass is 35.5. The number of hydrogen-bond donors (Lipinski definition) is 2. The van der Waals surface area contributed by atoms with E-state index in [9.17, 15) is 4.79 Å². The monoisotopic (exact) mass is 367 g/mol. The molecule has 1 amide bonds. The molecule has 6 heteroatoms. The minimum atomic E-state index is -0.507. The van der Waals surface area contributed by atoms with Crippen molar-refractivity contribution in [3.63, 3.8) is 0 Å². The van der Waals surface area contributed by atoms with Crippen LogP contribution in [0.25, 0.3) is 0 Å². The lowest BCUT2D eigenvalue weighted by Gasteiger charge is -2.35. The summed E-state index contributed by atoms with van der Waals surface area (Å²) in [6.45, 7) is 2.19. The lowest BCUT2D eigenvalue weighted by atomic mass is 9.85. The molecule has 2 heterocycles. The number of carbonyl (C=O) groups is 1. The second-order valence-corrected chi connectivity index (χ2v) is 7.39. The Hall–Kier alpha value is -1.17. The van der Waals surface area contributed by atoms with Gasteiger partial charge >= 0.3 is 0 Å². The van der Waals surface area contributed by atoms with Crippen LogP contribution in [-0.4, -0.2) is 36.2 Å². The first-order valence-corrected chi connectivity index (χ1v) is 9.68. The minimum Gasteiger partial charge on any atom is -0.381 e. The molecule has 3 rings (SSSR count). The Kier molecular flexibility index (Phi) is 8.65. The van der Waals surface area contributed by atoms with Gasteiger partial charge in [-0.25, -0.2) is 0 Å². The molecule has 140 valence electrons. The van der Waals surface area contributed by atoms with E-state index in [1.807, 2.05) is 0 Å². The number of nitrogens with one attached hydrogen (secondary N) is 1. The topological polar surface area (TPSA) is 77.2 Å². The van der Waals surface area contributed by atoms with E-state index < -0.39 is 5.54 Å². The molecule has 1 aromatic heterocycles. The van der Waals surface area contributed by atoms with Gasteiger partial charge in [-0.15, -0.1) is 0 Å². The van der Waals surface area contributed by atoms with Gasteiger partial charge in [-0.3, -0.25) is 9.78 Å². The molecule has 1 aliphatic heterocycles. The average Bonchev–Trinajstić information content (AvgIpc) is 2.64. The fourth-order valence-electron chi connectivity index (χ4n) is 3.56. The van der Waals surface area contributed by atoms with Crippen LogP contribution in [0.2, 0.25) is 5.02 Å². The molecule has 0 radical (unpaired) electrons. The maximum absolute atomic E-state index is 11.7. The summed E-state index contributed by atoms with van der Waals surface area (Å²) < 4.78 is 5.32. The van der Waals surface area contributed by atoms with E-state index >= 15 is 0 Å². The molecule has 5 nitrogen and oxygen atoms in total. The Labute approximate surface area is 155 Å². The third-order valence-corrected chi connectivity index (χ3v) is 5.41. The van der Waals surface area contributed by atoms with Crippen LogP contribution in [0.5, 0.6) is 0 Å². The number of pyridine rings is 1. The summed E-state index contributed by atoms with van der Waals surface area (Å²) in [7, 11) is 0. The van der Waals surface area contributed by atoms with E-state index in [0.717, 1.165) is 12.5 Å². The number of aromatic nitrogens is 1. The number of primary amides is 1. The molecular formula is C19H30ClN3O2. The van der Waals surface area contributed by atoms with Gasteiger partial charge in [0.05, 0.1) is 5.02 Å². The number of rotatable bonds is 5. The van der Waals surface area contributed by atoms with E-state index in [-0.39, 0.29) is 5.91 Å². The molecule has 0 spiro atoms. The first-order valence-electron chi connectivity index (χ1n) is 9.30. The van der Waals surface area contributed by atoms with E-state index in [1.54, 1.807) is 24.5 Å². The molecule has 1 saturated carbocycles. The van der Waals surface area contributed by atoms with E-state index in [4.69, 9.17) is 22.1 Å². The Balaban J connectivity index is 0.000000269. The van der Waals surface area contributed by atoms with Gasteiger partial charge in [0, 0.05) is 25.6 Å². The summed E-state index contributed by atoms with van der Waals surface area (Å²) in [6.07, 6.45) is 12.7. The van der Waals surface area contributed by atoms with Crippen LogP contribution in [-0.2, 0) is 9.53 Å². The molecule has 0 atom stereocenters. The summed E-state index contributed by atoms with van der Waals surface area (Å²) >= 11 is 5.48. The molecule has 0 aromatic carbocycles. The summed E-state index contributed by atoms with van der Waals surface area (Å²) in [5.74, 6) is 0.630. The van der Waals surface area contributed by atoms with Crippen molar-refractivity contribution in [3.8, 4) is 0 Å². The lowest BCUT2D eigenvalue weighted by molar-refractivity contribution is -0.128. The van der Waals surface area contributed by atoms with Crippen molar-refractivity contribution in [2.24, 2.45) is 11.7 Å². The van der Waals surface area contributed by atoms with Gasteiger partial charge in [-0.2, -0.15) is 0 Å². The van der Waals surface area contributed by atoms with Crippen LogP contribution in [0.3, 0.4) is 0 Å². The predicted octanol–water partition coefficient (Wildman–Crippen LogP) is 3.32. The van der Waals surface area contributed by atoms with Crippen molar-refractivity contribution >= 4 is 17.5 Å². The molecule has 0 bridgehead atoms. The molecule has 0 unspecified atom stereocenters. The average molecular weight is 368 g/mol. The molecule has 1 aliphatic carbocycles. The van der Waals surface area contributed by atoms with Crippen molar-refractivity contribution in [2.75, 3.05) is 19.8 Å². The number of halogens is 1. The van der Waals surface area contributed by atoms with Gasteiger partial charge in [0.25, 0.3) is 0 Å². The Morgan fingerprint density at radius 1 is 1.32 bits per heavy atom. The maximum Gasteiger partial charge on any atom is 0.237 e. The fourth-order valence-corrected chi connectivity index (χ4v) is 3.69. The van der Waals surface area contributed by atoms with Crippen molar-refractivity contribution in [2.45, 2.75) is 56.9 Å². The smallest absolute Gasteiger partial charge is 0.237 e. The number of hydrogen-bond acceptors (Lipinski definition) is 4. The summed E-state index contributed by atoms with van der Waals surface area (Å²) in [4.78, 5) is 15.4. The number of amides is 1. The first kappa shape index (κ1) is 20.1. The van der Waals surface area contributed by atoms with Crippen LogP contribution < -0.4 is 11.1 Å². The lowest BCUT2D eigenvalue weighted by Crippen LogP contribution is -2.58. The highest BCUT2D eigenvalue weighted by Gasteiger charge is 2.37. The number of nitrogens with two attached hydrogens (primary N) is 1. The summed E-state index contributed by atoms with van der Waals surface area (Å²) in [5.41, 5.74) is 5.06. The quantitative estimate of drug-likeness (QED) is 0.836. The van der Waals surface area contributed by atoms with Crippen LogP contribution in [0.4, 0.5) is 0 Å². The third-order valence-electron chi connectivity index (χ3n) is 5.18. The summed E-state index contributed by atoms with van der Waals surface area (Å²) in [5, 5.41) is 4.11. The van der Waals surface area contributed by atoms with Crippen molar-refractivity contribution < 1.29 is 9.53 Å². The summed E-state index contributed by atoms with van der Waals surface area (Å²) in [6, 6.07) is 3.58. The maximum atomic E-state index is 11.7. The van der Waals surface area contributed by atoms with Gasteiger partial charge in [-0.05, 0) is 43.9 Å². The zero-order valence-electron chi connectivity index (χ0n) is 14.9. The van der Waals surface area contributed by atoms with Gasteiger partial charge in [0.2, 0.25) is 5.91 Å². The van der Waals surface area contributed by atoms with E-state index in [1.165, 1.54) is 38.5 Å². The molecule has 2 fully saturated rings. The van der Waals surface area contributed by atoms with Gasteiger partial charge in [0.15, 0.2) is 0 Å². The highest BCUT2D eigenvalue weighted by Crippen LogP contribution is 2.27. The zero-order valence-corrected chi connectivity index (χ0v) is 15.6. The zero-order chi connectivity index (χ0) is 18.0. The van der Waals surface area contributed by atoms with Gasteiger partial charge < -0.3 is 15.8 Å². The fraction of sp³-hybridized carbons (Fsp3) is 0.684. The molecule has 25 heavy (non-hydrogen) atoms. The van der Waals surface area contributed by atoms with E-state index in [2.05, 4.69) is 10.3 Å². The van der Waals surface area contributed by atoms with Crippen molar-refractivity contribution in [3.05, 3.63) is 29.5 Å². The van der Waals surface area contributed by atoms with Crippen LogP contribution >= 0.6 is 11.6 Å². The molecule has 1 saturated heterocycles. The number of ether oxygens (including phenoxy) is 1. The Bertz CT molecular complexity index is 501. The van der Waals surface area contributed by atoms with Crippen molar-refractivity contribution in [1.29, 1.82) is 0 Å². The second kappa shape index (κ2) is 10.7. The van der Waals surface area contributed by atoms with Crippen LogP contribution in [0, 0.1) is 5.92 Å². The largest absolute Gasteiger partial charge is 0.381 e. The second-order valence-electron chi connectivity index (χ2n) is 6.95. The van der Waals surface area contributed by atoms with Crippen LogP contribution in [0.1, 0.15) is 51.4 Å². The highest BCUT2D eigenvalue weighted by molar-refractivity contribution is 6.30. The minimum absolute atomic E-state index is 0.213. The predicted molar refractivity (Wildman–Crippen MR) is 100 cm³/mol. The molecule has 3 N–H and O–H groups in total. The Morgan fingerprint density at radius 3 is 2.56 bits per heavy atom. The van der Waals surface area contributed by atoms with Gasteiger partial charge in [-0.1, -0.05) is 43.7 Å². The number of nitrogens with zero attached hydrogens (tertiary/aromatic N) is 1. The SMILES string of the molecule is Clc1cccnc1.NC(=O)C1(NCCC2CCCCC2)CCOCC1. The van der Waals surface area contributed by atoms with E-state index in [0.29, 0.717) is 31.1 Å². The van der Waals surface area contributed by atoms with Crippen molar-refractivity contribution in [1.82, 2.24) is 10.3 Å². The van der Waals surface area contributed by atoms with Gasteiger partial charge in [0.1, 0.15) is 5.54 Å².